The molecule has 0 bridgehead atoms. The fourth-order valence-electron chi connectivity index (χ4n) is 3.45. The zero-order valence-corrected chi connectivity index (χ0v) is 23.2. The van der Waals surface area contributed by atoms with E-state index >= 15 is 0 Å². The zero-order valence-electron chi connectivity index (χ0n) is 21.6. The van der Waals surface area contributed by atoms with Crippen LogP contribution in [-0.4, -0.2) is 52.2 Å². The number of phenolic OH excluding ortho intramolecular Hbond substituents is 1. The standard InChI is InChI=1S/C27H30ClFN2O7S/c1-4-38-23-9-8-17(32)10-16(23)11-24(34)31-26(15(2)3)27(37)30-21(12-25(35)36)22(33)14-39-13-18-19(28)6-5-7-20(18)29/h5-10,12,15,26,32H,4,11,13-14H2,1-3H3,(H,30,37)(H,31,34)(H,35,36)/t26-/m0/s1. The van der Waals surface area contributed by atoms with Crippen molar-refractivity contribution in [3.63, 3.8) is 0 Å². The van der Waals surface area contributed by atoms with Gasteiger partial charge in [0.15, 0.2) is 5.78 Å². The van der Waals surface area contributed by atoms with Crippen LogP contribution in [0.3, 0.4) is 0 Å². The number of aliphatic carboxylic acids is 1. The summed E-state index contributed by atoms with van der Waals surface area (Å²) in [6, 6.07) is 7.42. The lowest BCUT2D eigenvalue weighted by atomic mass is 10.0. The minimum absolute atomic E-state index is 0.0506. The summed E-state index contributed by atoms with van der Waals surface area (Å²) in [7, 11) is 0. The Bertz CT molecular complexity index is 1230. The molecule has 0 aliphatic rings. The molecule has 210 valence electrons. The summed E-state index contributed by atoms with van der Waals surface area (Å²) in [4.78, 5) is 49.9. The maximum absolute atomic E-state index is 14.0. The number of allylic oxidation sites excluding steroid dienone is 1. The van der Waals surface area contributed by atoms with Gasteiger partial charge in [-0.25, -0.2) is 9.18 Å². The van der Waals surface area contributed by atoms with Crippen molar-refractivity contribution in [2.75, 3.05) is 12.4 Å². The van der Waals surface area contributed by atoms with Crippen LogP contribution in [0.15, 0.2) is 48.2 Å². The molecule has 39 heavy (non-hydrogen) atoms. The number of carbonyl (C=O) groups is 4. The van der Waals surface area contributed by atoms with Crippen LogP contribution in [0.2, 0.25) is 5.02 Å². The van der Waals surface area contributed by atoms with E-state index in [1.165, 1.54) is 36.4 Å². The van der Waals surface area contributed by atoms with Crippen LogP contribution in [0.5, 0.6) is 11.5 Å². The number of ether oxygens (including phenoxy) is 1. The number of nitrogens with one attached hydrogen (secondary N) is 2. The molecule has 2 aromatic rings. The molecule has 0 aliphatic heterocycles. The van der Waals surface area contributed by atoms with Crippen molar-refractivity contribution in [3.8, 4) is 11.5 Å². The third-order valence-electron chi connectivity index (χ3n) is 5.33. The van der Waals surface area contributed by atoms with E-state index in [-0.39, 0.29) is 34.3 Å². The first-order chi connectivity index (χ1) is 18.4. The van der Waals surface area contributed by atoms with Gasteiger partial charge >= 0.3 is 5.97 Å². The first kappa shape index (κ1) is 31.6. The van der Waals surface area contributed by atoms with Crippen LogP contribution in [0.4, 0.5) is 4.39 Å². The number of phenols is 1. The Morgan fingerprint density at radius 2 is 1.90 bits per heavy atom. The van der Waals surface area contributed by atoms with Gasteiger partial charge in [-0.05, 0) is 43.2 Å². The minimum atomic E-state index is -1.46. The number of aromatic hydroxyl groups is 1. The highest BCUT2D eigenvalue weighted by atomic mass is 35.5. The molecule has 0 spiro atoms. The number of hydrogen-bond acceptors (Lipinski definition) is 7. The highest BCUT2D eigenvalue weighted by Crippen LogP contribution is 2.25. The van der Waals surface area contributed by atoms with E-state index < -0.39 is 47.0 Å². The van der Waals surface area contributed by atoms with Crippen LogP contribution < -0.4 is 15.4 Å². The Hall–Kier alpha value is -3.57. The molecule has 0 saturated heterocycles. The number of amides is 2. The van der Waals surface area contributed by atoms with Crippen LogP contribution in [0.1, 0.15) is 31.9 Å². The van der Waals surface area contributed by atoms with Gasteiger partial charge in [-0.2, -0.15) is 0 Å². The number of carboxylic acids is 1. The van der Waals surface area contributed by atoms with Gasteiger partial charge in [-0.1, -0.05) is 31.5 Å². The van der Waals surface area contributed by atoms with Crippen molar-refractivity contribution < 1.29 is 38.5 Å². The van der Waals surface area contributed by atoms with E-state index in [0.29, 0.717) is 24.0 Å². The lowest BCUT2D eigenvalue weighted by Gasteiger charge is -2.22. The SMILES string of the molecule is CCOc1ccc(O)cc1CC(=O)N[C@H](C(=O)NC(=CC(=O)O)C(=O)CSCc1c(F)cccc1Cl)C(C)C. The van der Waals surface area contributed by atoms with Gasteiger partial charge in [-0.15, -0.1) is 11.8 Å². The highest BCUT2D eigenvalue weighted by Gasteiger charge is 2.27. The Kier molecular flexibility index (Phi) is 12.3. The Labute approximate surface area is 234 Å². The zero-order chi connectivity index (χ0) is 29.1. The van der Waals surface area contributed by atoms with E-state index in [2.05, 4.69) is 10.6 Å². The van der Waals surface area contributed by atoms with Crippen LogP contribution in [-0.2, 0) is 31.4 Å². The third kappa shape index (κ3) is 9.92. The second kappa shape index (κ2) is 15.1. The molecule has 0 unspecified atom stereocenters. The fraction of sp³-hybridized carbons (Fsp3) is 0.333. The van der Waals surface area contributed by atoms with E-state index in [4.69, 9.17) is 16.3 Å². The van der Waals surface area contributed by atoms with Gasteiger partial charge in [-0.3, -0.25) is 14.4 Å². The van der Waals surface area contributed by atoms with Gasteiger partial charge < -0.3 is 25.6 Å². The number of carboxylic acid groups (broad SMARTS) is 1. The molecular formula is C27H30ClFN2O7S. The van der Waals surface area contributed by atoms with Crippen molar-refractivity contribution in [1.82, 2.24) is 10.6 Å². The quantitative estimate of drug-likeness (QED) is 0.247. The smallest absolute Gasteiger partial charge is 0.330 e. The van der Waals surface area contributed by atoms with Crippen molar-refractivity contribution in [2.24, 2.45) is 5.92 Å². The molecule has 0 heterocycles. The molecule has 2 amide bonds. The first-order valence-corrected chi connectivity index (χ1v) is 13.5. The van der Waals surface area contributed by atoms with Gasteiger partial charge in [0, 0.05) is 21.9 Å². The van der Waals surface area contributed by atoms with Gasteiger partial charge in [0.25, 0.3) is 0 Å². The third-order valence-corrected chi connectivity index (χ3v) is 6.64. The minimum Gasteiger partial charge on any atom is -0.508 e. The lowest BCUT2D eigenvalue weighted by molar-refractivity contribution is -0.132. The topological polar surface area (TPSA) is 142 Å². The number of benzene rings is 2. The maximum atomic E-state index is 14.0. The number of ketones is 1. The molecular weight excluding hydrogens is 551 g/mol. The Balaban J connectivity index is 2.09. The molecule has 4 N–H and O–H groups in total. The van der Waals surface area contributed by atoms with Crippen LogP contribution >= 0.6 is 23.4 Å². The summed E-state index contributed by atoms with van der Waals surface area (Å²) in [5.41, 5.74) is 0.128. The summed E-state index contributed by atoms with van der Waals surface area (Å²) < 4.78 is 19.5. The van der Waals surface area contributed by atoms with Crippen LogP contribution in [0.25, 0.3) is 0 Å². The van der Waals surface area contributed by atoms with Crippen molar-refractivity contribution in [2.45, 2.75) is 39.0 Å². The Morgan fingerprint density at radius 3 is 2.51 bits per heavy atom. The maximum Gasteiger partial charge on any atom is 0.330 e. The second-order valence-electron chi connectivity index (χ2n) is 8.69. The fourth-order valence-corrected chi connectivity index (χ4v) is 4.70. The van der Waals surface area contributed by atoms with E-state index in [0.717, 1.165) is 11.8 Å². The molecule has 0 fully saturated rings. The van der Waals surface area contributed by atoms with Crippen molar-refractivity contribution in [1.29, 1.82) is 0 Å². The molecule has 0 radical (unpaired) electrons. The molecule has 12 heteroatoms. The van der Waals surface area contributed by atoms with E-state index in [1.807, 2.05) is 0 Å². The van der Waals surface area contributed by atoms with E-state index in [9.17, 15) is 33.8 Å². The van der Waals surface area contributed by atoms with Gasteiger partial charge in [0.05, 0.1) is 30.6 Å². The molecule has 0 saturated carbocycles. The lowest BCUT2D eigenvalue weighted by Crippen LogP contribution is -2.50. The molecule has 2 aromatic carbocycles. The average Bonchev–Trinajstić information content (AvgIpc) is 2.85. The van der Waals surface area contributed by atoms with E-state index in [1.54, 1.807) is 20.8 Å². The summed E-state index contributed by atoms with van der Waals surface area (Å²) in [5, 5.41) is 24.1. The summed E-state index contributed by atoms with van der Waals surface area (Å²) in [5.74, 6) is -4.34. The number of rotatable bonds is 14. The molecule has 0 aliphatic carbocycles. The number of carbonyl (C=O) groups excluding carboxylic acids is 3. The molecule has 1 atom stereocenters. The first-order valence-electron chi connectivity index (χ1n) is 12.0. The normalized spacial score (nSPS) is 12.1. The monoisotopic (exact) mass is 580 g/mol. The molecule has 0 aromatic heterocycles. The second-order valence-corrected chi connectivity index (χ2v) is 10.1. The molecule has 9 nitrogen and oxygen atoms in total. The van der Waals surface area contributed by atoms with Crippen molar-refractivity contribution >= 4 is 46.9 Å². The number of halogens is 2. The molecule has 2 rings (SSSR count). The Morgan fingerprint density at radius 1 is 1.18 bits per heavy atom. The summed E-state index contributed by atoms with van der Waals surface area (Å²) in [6.07, 6.45) is 0.365. The number of Topliss-reactive ketones (excluding diaryl/α,β-unsaturated/α-hetero) is 1. The highest BCUT2D eigenvalue weighted by molar-refractivity contribution is 7.99. The summed E-state index contributed by atoms with van der Waals surface area (Å²) >= 11 is 6.99. The van der Waals surface area contributed by atoms with Crippen LogP contribution in [0, 0.1) is 11.7 Å². The number of thioether (sulfide) groups is 1. The predicted molar refractivity (Wildman–Crippen MR) is 146 cm³/mol. The largest absolute Gasteiger partial charge is 0.508 e. The predicted octanol–water partition coefficient (Wildman–Crippen LogP) is 3.85. The summed E-state index contributed by atoms with van der Waals surface area (Å²) in [6.45, 7) is 5.45. The average molecular weight is 581 g/mol. The number of hydrogen-bond donors (Lipinski definition) is 4. The van der Waals surface area contributed by atoms with Gasteiger partial charge in [0.1, 0.15) is 23.4 Å². The van der Waals surface area contributed by atoms with Crippen molar-refractivity contribution in [3.05, 3.63) is 70.1 Å². The van der Waals surface area contributed by atoms with Gasteiger partial charge in [0.2, 0.25) is 11.8 Å².